The van der Waals surface area contributed by atoms with Gasteiger partial charge in [0.2, 0.25) is 0 Å². The molecule has 0 aromatic carbocycles. The summed E-state index contributed by atoms with van der Waals surface area (Å²) in [6.45, 7) is 9.71. The van der Waals surface area contributed by atoms with Gasteiger partial charge in [0.15, 0.2) is 0 Å². The van der Waals surface area contributed by atoms with E-state index >= 15 is 0 Å². The lowest BCUT2D eigenvalue weighted by atomic mass is 10.4. The van der Waals surface area contributed by atoms with Gasteiger partial charge in [-0.25, -0.2) is 9.59 Å². The smallest absolute Gasteiger partial charge is 0.337 e. The fourth-order valence-corrected chi connectivity index (χ4v) is 0.491. The van der Waals surface area contributed by atoms with E-state index in [0.717, 1.165) is 12.2 Å². The maximum Gasteiger partial charge on any atom is 0.337 e. The summed E-state index contributed by atoms with van der Waals surface area (Å²) in [4.78, 5) is 21.6. The Labute approximate surface area is 82.5 Å². The van der Waals surface area contributed by atoms with Crippen LogP contribution in [0.2, 0.25) is 0 Å². The highest BCUT2D eigenvalue weighted by molar-refractivity contribution is 5.84. The summed E-state index contributed by atoms with van der Waals surface area (Å²) in [6.07, 6.45) is 1.95. The average Bonchev–Trinajstić information content (AvgIpc) is 2.16. The number of allylic oxidation sites excluding steroid dienone is 1. The molecule has 0 spiro atoms. The molecule has 0 saturated heterocycles. The lowest BCUT2D eigenvalue weighted by molar-refractivity contribution is -0.147. The van der Waals surface area contributed by atoms with Crippen molar-refractivity contribution in [3.05, 3.63) is 36.8 Å². The Kier molecular flexibility index (Phi) is 4.99. The normalized spacial score (nSPS) is 8.43. The van der Waals surface area contributed by atoms with E-state index in [-0.39, 0.29) is 5.95 Å². The van der Waals surface area contributed by atoms with E-state index in [2.05, 4.69) is 22.6 Å². The van der Waals surface area contributed by atoms with E-state index < -0.39 is 11.9 Å². The van der Waals surface area contributed by atoms with Gasteiger partial charge in [-0.3, -0.25) is 0 Å². The Balaban J connectivity index is 4.56. The maximum atomic E-state index is 10.8. The van der Waals surface area contributed by atoms with Crippen LogP contribution in [0.1, 0.15) is 13.8 Å². The summed E-state index contributed by atoms with van der Waals surface area (Å²) in [5.74, 6) is -1.50. The molecule has 0 radical (unpaired) electrons. The van der Waals surface area contributed by atoms with Gasteiger partial charge in [-0.2, -0.15) is 0 Å². The van der Waals surface area contributed by atoms with E-state index in [1.807, 2.05) is 0 Å². The average molecular weight is 196 g/mol. The minimum Gasteiger partial charge on any atom is -0.389 e. The van der Waals surface area contributed by atoms with Crippen LogP contribution in [0.15, 0.2) is 36.8 Å². The number of ether oxygens (including phenoxy) is 2. The summed E-state index contributed by atoms with van der Waals surface area (Å²) < 4.78 is 9.33. The van der Waals surface area contributed by atoms with Crippen molar-refractivity contribution in [2.75, 3.05) is 0 Å². The van der Waals surface area contributed by atoms with Gasteiger partial charge in [0.25, 0.3) is 5.95 Å². The van der Waals surface area contributed by atoms with Crippen LogP contribution in [0.3, 0.4) is 0 Å². The van der Waals surface area contributed by atoms with Gasteiger partial charge < -0.3 is 9.47 Å². The van der Waals surface area contributed by atoms with Gasteiger partial charge in [0.1, 0.15) is 0 Å². The van der Waals surface area contributed by atoms with E-state index in [4.69, 9.17) is 0 Å². The quantitative estimate of drug-likeness (QED) is 0.390. The Hall–Kier alpha value is -1.84. The molecular weight excluding hydrogens is 184 g/mol. The van der Waals surface area contributed by atoms with Crippen LogP contribution in [-0.4, -0.2) is 11.9 Å². The van der Waals surface area contributed by atoms with E-state index in [9.17, 15) is 9.59 Å². The zero-order valence-electron chi connectivity index (χ0n) is 8.20. The van der Waals surface area contributed by atoms with Gasteiger partial charge in [0, 0.05) is 17.7 Å². The molecule has 0 aromatic rings. The van der Waals surface area contributed by atoms with Crippen molar-refractivity contribution in [3.8, 4) is 0 Å². The summed E-state index contributed by atoms with van der Waals surface area (Å²) in [7, 11) is 0. The van der Waals surface area contributed by atoms with Gasteiger partial charge in [0.05, 0.1) is 0 Å². The van der Waals surface area contributed by atoms with Crippen LogP contribution in [0.4, 0.5) is 0 Å². The predicted molar refractivity (Wildman–Crippen MR) is 51.0 cm³/mol. The number of carbonyl (C=O) groups excluding carboxylic acids is 2. The highest BCUT2D eigenvalue weighted by atomic mass is 16.7. The van der Waals surface area contributed by atoms with Crippen molar-refractivity contribution in [2.45, 2.75) is 13.8 Å². The second-order valence-corrected chi connectivity index (χ2v) is 2.54. The second-order valence-electron chi connectivity index (χ2n) is 2.54. The molecule has 0 N–H and O–H groups in total. The monoisotopic (exact) mass is 196 g/mol. The number of hydrogen-bond donors (Lipinski definition) is 0. The van der Waals surface area contributed by atoms with Crippen LogP contribution in [0.5, 0.6) is 0 Å². The Morgan fingerprint density at radius 2 is 1.36 bits per heavy atom. The minimum absolute atomic E-state index is 0.139. The molecular formula is C10H12O4. The number of esters is 2. The fraction of sp³-hybridized carbons (Fsp3) is 0.200. The molecule has 0 aliphatic heterocycles. The number of rotatable bonds is 4. The first-order valence-corrected chi connectivity index (χ1v) is 3.87. The third kappa shape index (κ3) is 4.25. The molecule has 4 heteroatoms. The molecule has 0 atom stereocenters. The Morgan fingerprint density at radius 3 is 1.57 bits per heavy atom. The van der Waals surface area contributed by atoms with E-state index in [1.54, 1.807) is 13.8 Å². The SMILES string of the molecule is C=CC(=O)OC(OC(=O)C=C)=C(C)C. The lowest BCUT2D eigenvalue weighted by Gasteiger charge is -2.07. The molecule has 14 heavy (non-hydrogen) atoms. The second kappa shape index (κ2) is 5.75. The molecule has 0 aliphatic rings. The van der Waals surface area contributed by atoms with Crippen molar-refractivity contribution in [1.82, 2.24) is 0 Å². The molecule has 0 aromatic heterocycles. The summed E-state index contributed by atoms with van der Waals surface area (Å²) in [6, 6.07) is 0. The molecule has 0 amide bonds. The van der Waals surface area contributed by atoms with Crippen molar-refractivity contribution in [3.63, 3.8) is 0 Å². The Bertz CT molecular complexity index is 271. The standard InChI is InChI=1S/C10H12O4/c1-5-8(11)13-10(7(3)4)14-9(12)6-2/h5-6H,1-2H2,3-4H3. The number of hydrogen-bond acceptors (Lipinski definition) is 4. The van der Waals surface area contributed by atoms with Crippen LogP contribution in [0.25, 0.3) is 0 Å². The Morgan fingerprint density at radius 1 is 1.00 bits per heavy atom. The summed E-state index contributed by atoms with van der Waals surface area (Å²) in [5, 5.41) is 0. The first-order valence-electron chi connectivity index (χ1n) is 3.87. The third-order valence-corrected chi connectivity index (χ3v) is 1.13. The van der Waals surface area contributed by atoms with Crippen molar-refractivity contribution >= 4 is 11.9 Å². The summed E-state index contributed by atoms with van der Waals surface area (Å²) >= 11 is 0. The first kappa shape index (κ1) is 12.2. The van der Waals surface area contributed by atoms with Crippen LogP contribution in [0, 0.1) is 0 Å². The molecule has 0 fully saturated rings. The molecule has 0 aliphatic carbocycles. The third-order valence-electron chi connectivity index (χ3n) is 1.13. The van der Waals surface area contributed by atoms with Crippen molar-refractivity contribution in [1.29, 1.82) is 0 Å². The largest absolute Gasteiger partial charge is 0.389 e. The first-order chi connectivity index (χ1) is 6.51. The van der Waals surface area contributed by atoms with E-state index in [0.29, 0.717) is 5.57 Å². The number of carbonyl (C=O) groups is 2. The molecule has 76 valence electrons. The molecule has 0 rings (SSSR count). The molecule has 0 unspecified atom stereocenters. The molecule has 0 saturated carbocycles. The van der Waals surface area contributed by atoms with Gasteiger partial charge in [-0.05, 0) is 13.8 Å². The van der Waals surface area contributed by atoms with E-state index in [1.165, 1.54) is 0 Å². The molecule has 0 heterocycles. The topological polar surface area (TPSA) is 52.6 Å². The predicted octanol–water partition coefficient (Wildman–Crippen LogP) is 1.70. The summed E-state index contributed by atoms with van der Waals surface area (Å²) in [5.41, 5.74) is 0.565. The lowest BCUT2D eigenvalue weighted by Crippen LogP contribution is -2.09. The zero-order chi connectivity index (χ0) is 11.1. The van der Waals surface area contributed by atoms with Crippen LogP contribution in [-0.2, 0) is 19.1 Å². The zero-order valence-corrected chi connectivity index (χ0v) is 8.20. The molecule has 4 nitrogen and oxygen atoms in total. The van der Waals surface area contributed by atoms with Crippen molar-refractivity contribution < 1.29 is 19.1 Å². The van der Waals surface area contributed by atoms with Gasteiger partial charge in [-0.1, -0.05) is 13.2 Å². The maximum absolute atomic E-state index is 10.8. The van der Waals surface area contributed by atoms with Crippen LogP contribution >= 0.6 is 0 Å². The highest BCUT2D eigenvalue weighted by Gasteiger charge is 2.10. The van der Waals surface area contributed by atoms with Crippen LogP contribution < -0.4 is 0 Å². The molecule has 0 bridgehead atoms. The van der Waals surface area contributed by atoms with Crippen molar-refractivity contribution in [2.24, 2.45) is 0 Å². The minimum atomic E-state index is -0.682. The highest BCUT2D eigenvalue weighted by Crippen LogP contribution is 2.08. The van der Waals surface area contributed by atoms with Gasteiger partial charge in [-0.15, -0.1) is 0 Å². The van der Waals surface area contributed by atoms with Gasteiger partial charge >= 0.3 is 11.9 Å². The fourth-order valence-electron chi connectivity index (χ4n) is 0.491.